The summed E-state index contributed by atoms with van der Waals surface area (Å²) in [5.74, 6) is -1.25. The maximum atomic E-state index is 12.8. The van der Waals surface area contributed by atoms with Crippen LogP contribution < -0.4 is 10.7 Å². The molecule has 3 rings (SSSR count). The number of pyridine rings is 1. The van der Waals surface area contributed by atoms with Gasteiger partial charge in [0.2, 0.25) is 0 Å². The van der Waals surface area contributed by atoms with Crippen molar-refractivity contribution in [3.8, 4) is 0 Å². The average molecular weight is 359 g/mol. The third kappa shape index (κ3) is 2.22. The Morgan fingerprint density at radius 1 is 1.18 bits per heavy atom. The van der Waals surface area contributed by atoms with Gasteiger partial charge in [0.1, 0.15) is 0 Å². The lowest BCUT2D eigenvalue weighted by molar-refractivity contribution is -0.310. The van der Waals surface area contributed by atoms with Crippen molar-refractivity contribution in [3.63, 3.8) is 0 Å². The third-order valence-electron chi connectivity index (χ3n) is 3.86. The molecule has 1 aromatic heterocycles. The second kappa shape index (κ2) is 5.57. The smallest absolute Gasteiger partial charge is 0.259 e. The van der Waals surface area contributed by atoms with Crippen LogP contribution in [0.25, 0.3) is 21.7 Å². The third-order valence-corrected chi connectivity index (χ3v) is 4.35. The summed E-state index contributed by atoms with van der Waals surface area (Å²) < 4.78 is 2.20. The normalized spacial score (nSPS) is 12.6. The van der Waals surface area contributed by atoms with E-state index in [-0.39, 0.29) is 12.0 Å². The number of carbonyl (C=O) groups excluding carboxylic acids is 1. The Kier molecular flexibility index (Phi) is 3.74. The molecule has 0 aliphatic rings. The van der Waals surface area contributed by atoms with Crippen molar-refractivity contribution in [1.29, 1.82) is 0 Å². The summed E-state index contributed by atoms with van der Waals surface area (Å²) >= 11 is 3.43. The molecule has 1 unspecified atom stereocenters. The van der Waals surface area contributed by atoms with Crippen molar-refractivity contribution in [1.82, 2.24) is 4.57 Å². The molecular formula is C17H13BrNO3-. The van der Waals surface area contributed by atoms with Gasteiger partial charge in [-0.05, 0) is 36.1 Å². The molecule has 0 aliphatic heterocycles. The highest BCUT2D eigenvalue weighted by molar-refractivity contribution is 9.10. The van der Waals surface area contributed by atoms with E-state index in [2.05, 4.69) is 15.9 Å². The Morgan fingerprint density at radius 2 is 1.86 bits per heavy atom. The monoisotopic (exact) mass is 358 g/mol. The molecule has 22 heavy (non-hydrogen) atoms. The Hall–Kier alpha value is -2.14. The number of benzene rings is 2. The highest BCUT2D eigenvalue weighted by Gasteiger charge is 2.18. The summed E-state index contributed by atoms with van der Waals surface area (Å²) in [6.07, 6.45) is 0.283. The number of nitrogens with zero attached hydrogens (tertiary/aromatic N) is 1. The van der Waals surface area contributed by atoms with Crippen LogP contribution >= 0.6 is 15.9 Å². The molecule has 0 saturated heterocycles. The van der Waals surface area contributed by atoms with Crippen LogP contribution in [-0.2, 0) is 4.79 Å². The van der Waals surface area contributed by atoms with Crippen molar-refractivity contribution in [3.05, 3.63) is 57.3 Å². The van der Waals surface area contributed by atoms with Gasteiger partial charge >= 0.3 is 0 Å². The molecule has 2 aromatic carbocycles. The SMILES string of the molecule is CCC(C(=O)[O-])n1c(=O)c2ccccc2c2cc(Br)ccc21. The minimum atomic E-state index is -1.25. The van der Waals surface area contributed by atoms with Crippen molar-refractivity contribution in [2.45, 2.75) is 19.4 Å². The second-order valence-electron chi connectivity index (χ2n) is 5.13. The molecule has 1 atom stereocenters. The predicted octanol–water partition coefficient (Wildman–Crippen LogP) is 2.62. The summed E-state index contributed by atoms with van der Waals surface area (Å²) in [5, 5.41) is 13.6. The lowest BCUT2D eigenvalue weighted by Crippen LogP contribution is -2.38. The first-order chi connectivity index (χ1) is 10.5. The molecule has 0 spiro atoms. The van der Waals surface area contributed by atoms with Gasteiger partial charge in [0.25, 0.3) is 5.56 Å². The summed E-state index contributed by atoms with van der Waals surface area (Å²) in [5.41, 5.74) is 0.296. The number of hydrogen-bond donors (Lipinski definition) is 0. The molecule has 0 N–H and O–H groups in total. The molecular weight excluding hydrogens is 346 g/mol. The largest absolute Gasteiger partial charge is 0.548 e. The number of aromatic nitrogens is 1. The van der Waals surface area contributed by atoms with Crippen molar-refractivity contribution >= 4 is 43.6 Å². The Bertz CT molecular complexity index is 946. The van der Waals surface area contributed by atoms with Crippen LogP contribution in [0, 0.1) is 0 Å². The molecule has 0 bridgehead atoms. The maximum absolute atomic E-state index is 12.8. The predicted molar refractivity (Wildman–Crippen MR) is 87.7 cm³/mol. The minimum absolute atomic E-state index is 0.283. The first-order valence-corrected chi connectivity index (χ1v) is 7.77. The first-order valence-electron chi connectivity index (χ1n) is 6.98. The van der Waals surface area contributed by atoms with Crippen LogP contribution in [0.4, 0.5) is 0 Å². The van der Waals surface area contributed by atoms with E-state index < -0.39 is 12.0 Å². The molecule has 0 saturated carbocycles. The Labute approximate surface area is 135 Å². The number of rotatable bonds is 3. The zero-order chi connectivity index (χ0) is 15.9. The molecule has 4 nitrogen and oxygen atoms in total. The van der Waals surface area contributed by atoms with Crippen molar-refractivity contribution in [2.24, 2.45) is 0 Å². The van der Waals surface area contributed by atoms with Gasteiger partial charge in [-0.2, -0.15) is 0 Å². The zero-order valence-corrected chi connectivity index (χ0v) is 13.5. The second-order valence-corrected chi connectivity index (χ2v) is 6.04. The van der Waals surface area contributed by atoms with Crippen LogP contribution in [-0.4, -0.2) is 10.5 Å². The first kappa shape index (κ1) is 14.8. The van der Waals surface area contributed by atoms with Gasteiger partial charge in [0, 0.05) is 15.2 Å². The van der Waals surface area contributed by atoms with Gasteiger partial charge in [-0.15, -0.1) is 0 Å². The Morgan fingerprint density at radius 3 is 2.50 bits per heavy atom. The zero-order valence-electron chi connectivity index (χ0n) is 11.9. The highest BCUT2D eigenvalue weighted by atomic mass is 79.9. The van der Waals surface area contributed by atoms with E-state index in [4.69, 9.17) is 0 Å². The lowest BCUT2D eigenvalue weighted by Gasteiger charge is -2.22. The fourth-order valence-electron chi connectivity index (χ4n) is 2.84. The number of hydrogen-bond acceptors (Lipinski definition) is 3. The topological polar surface area (TPSA) is 62.1 Å². The molecule has 1 heterocycles. The number of aliphatic carboxylic acids is 1. The van der Waals surface area contributed by atoms with Crippen LogP contribution in [0.2, 0.25) is 0 Å². The van der Waals surface area contributed by atoms with E-state index >= 15 is 0 Å². The Balaban J connectivity index is 2.56. The summed E-state index contributed by atoms with van der Waals surface area (Å²) in [6.45, 7) is 1.73. The molecule has 3 aromatic rings. The van der Waals surface area contributed by atoms with Crippen LogP contribution in [0.5, 0.6) is 0 Å². The molecule has 112 valence electrons. The van der Waals surface area contributed by atoms with Crippen LogP contribution in [0.1, 0.15) is 19.4 Å². The van der Waals surface area contributed by atoms with E-state index in [0.29, 0.717) is 10.9 Å². The fourth-order valence-corrected chi connectivity index (χ4v) is 3.20. The molecule has 5 heteroatoms. The van der Waals surface area contributed by atoms with E-state index in [1.165, 1.54) is 4.57 Å². The number of fused-ring (bicyclic) bond motifs is 3. The fraction of sp³-hybridized carbons (Fsp3) is 0.176. The standard InChI is InChI=1S/C17H14BrNO3/c1-2-14(17(21)22)19-15-8-7-10(18)9-13(15)11-5-3-4-6-12(11)16(19)20/h3-9,14H,2H2,1H3,(H,21,22)/p-1. The average Bonchev–Trinajstić information content (AvgIpc) is 2.51. The highest BCUT2D eigenvalue weighted by Crippen LogP contribution is 2.28. The van der Waals surface area contributed by atoms with Crippen LogP contribution in [0.3, 0.4) is 0 Å². The quantitative estimate of drug-likeness (QED) is 0.676. The van der Waals surface area contributed by atoms with E-state index in [1.807, 2.05) is 18.2 Å². The summed E-state index contributed by atoms with van der Waals surface area (Å²) in [7, 11) is 0. The molecule has 0 amide bonds. The number of carboxylic acids is 1. The number of halogens is 1. The summed E-state index contributed by atoms with van der Waals surface area (Å²) in [4.78, 5) is 24.2. The molecule has 0 fully saturated rings. The van der Waals surface area contributed by atoms with Gasteiger partial charge in [-0.3, -0.25) is 9.36 Å². The van der Waals surface area contributed by atoms with Crippen LogP contribution in [0.15, 0.2) is 51.7 Å². The van der Waals surface area contributed by atoms with E-state index in [1.54, 1.807) is 31.2 Å². The maximum Gasteiger partial charge on any atom is 0.259 e. The van der Waals surface area contributed by atoms with E-state index in [0.717, 1.165) is 15.2 Å². The molecule has 0 aliphatic carbocycles. The lowest BCUT2D eigenvalue weighted by atomic mass is 10.0. The van der Waals surface area contributed by atoms with Crippen molar-refractivity contribution < 1.29 is 9.90 Å². The van der Waals surface area contributed by atoms with Crippen molar-refractivity contribution in [2.75, 3.05) is 0 Å². The van der Waals surface area contributed by atoms with E-state index in [9.17, 15) is 14.7 Å². The molecule has 0 radical (unpaired) electrons. The minimum Gasteiger partial charge on any atom is -0.548 e. The van der Waals surface area contributed by atoms with Gasteiger partial charge in [-0.1, -0.05) is 41.1 Å². The number of carbonyl (C=O) groups is 1. The number of carboxylic acid groups (broad SMARTS) is 1. The van der Waals surface area contributed by atoms with Gasteiger partial charge < -0.3 is 9.90 Å². The van der Waals surface area contributed by atoms with Gasteiger partial charge in [-0.25, -0.2) is 0 Å². The summed E-state index contributed by atoms with van der Waals surface area (Å²) in [6, 6.07) is 11.7. The van der Waals surface area contributed by atoms with Gasteiger partial charge in [0.15, 0.2) is 0 Å². The van der Waals surface area contributed by atoms with Gasteiger partial charge in [0.05, 0.1) is 17.5 Å².